The molecule has 0 aliphatic carbocycles. The van der Waals surface area contributed by atoms with Crippen LogP contribution in [0.5, 0.6) is 0 Å². The molecule has 1 rings (SSSR count). The molecule has 0 fully saturated rings. The lowest BCUT2D eigenvalue weighted by Gasteiger charge is -2.27. The fourth-order valence-electron chi connectivity index (χ4n) is 2.26. The smallest absolute Gasteiger partial charge is 0.123 e. The number of hydrogen-bond donors (Lipinski definition) is 1. The third-order valence-corrected chi connectivity index (χ3v) is 3.70. The maximum Gasteiger partial charge on any atom is 0.123 e. The van der Waals surface area contributed by atoms with Gasteiger partial charge >= 0.3 is 0 Å². The van der Waals surface area contributed by atoms with Crippen LogP contribution in [0.15, 0.2) is 18.2 Å². The molecule has 0 radical (unpaired) electrons. The van der Waals surface area contributed by atoms with Gasteiger partial charge in [0.2, 0.25) is 0 Å². The second kappa shape index (κ2) is 7.75. The number of rotatable bonds is 8. The van der Waals surface area contributed by atoms with Crippen LogP contribution in [-0.4, -0.2) is 19.3 Å². The molecule has 0 saturated carbocycles. The molecule has 1 aromatic rings. The van der Waals surface area contributed by atoms with Gasteiger partial charge in [-0.05, 0) is 69.8 Å². The van der Waals surface area contributed by atoms with Gasteiger partial charge < -0.3 is 10.1 Å². The zero-order valence-corrected chi connectivity index (χ0v) is 13.4. The number of halogens is 1. The number of ether oxygens (including phenoxy) is 1. The average molecular weight is 281 g/mol. The molecule has 0 aliphatic heterocycles. The summed E-state index contributed by atoms with van der Waals surface area (Å²) in [6.07, 6.45) is 2.93. The van der Waals surface area contributed by atoms with Crippen LogP contribution in [0.4, 0.5) is 4.39 Å². The standard InChI is InChI=1S/C17H28FNO/c1-6-9-19-16(7-8-17(3,4)20-5)14-10-13(2)11-15(18)12-14/h10-12,16,19H,6-9H2,1-5H3. The molecule has 1 atom stereocenters. The van der Waals surface area contributed by atoms with E-state index in [1.54, 1.807) is 19.2 Å². The van der Waals surface area contributed by atoms with Gasteiger partial charge in [-0.3, -0.25) is 0 Å². The monoisotopic (exact) mass is 281 g/mol. The highest BCUT2D eigenvalue weighted by Crippen LogP contribution is 2.25. The summed E-state index contributed by atoms with van der Waals surface area (Å²) < 4.78 is 19.1. The Labute approximate surface area is 122 Å². The number of benzene rings is 1. The molecule has 3 heteroatoms. The minimum Gasteiger partial charge on any atom is -0.379 e. The van der Waals surface area contributed by atoms with Gasteiger partial charge in [0.15, 0.2) is 0 Å². The number of methoxy groups -OCH3 is 1. The van der Waals surface area contributed by atoms with Crippen molar-refractivity contribution in [2.45, 2.75) is 58.6 Å². The van der Waals surface area contributed by atoms with E-state index in [1.165, 1.54) is 0 Å². The lowest BCUT2D eigenvalue weighted by Crippen LogP contribution is -2.28. The molecule has 1 aromatic carbocycles. The van der Waals surface area contributed by atoms with Crippen LogP contribution in [0, 0.1) is 12.7 Å². The highest BCUT2D eigenvalue weighted by atomic mass is 19.1. The fourth-order valence-corrected chi connectivity index (χ4v) is 2.26. The van der Waals surface area contributed by atoms with Crippen LogP contribution in [0.1, 0.15) is 57.2 Å². The third-order valence-electron chi connectivity index (χ3n) is 3.70. The molecule has 2 nitrogen and oxygen atoms in total. The number of hydrogen-bond acceptors (Lipinski definition) is 2. The van der Waals surface area contributed by atoms with E-state index in [9.17, 15) is 4.39 Å². The van der Waals surface area contributed by atoms with Crippen molar-refractivity contribution >= 4 is 0 Å². The molecule has 0 saturated heterocycles. The molecule has 0 spiro atoms. The Morgan fingerprint density at radius 1 is 1.30 bits per heavy atom. The van der Waals surface area contributed by atoms with Gasteiger partial charge in [0, 0.05) is 13.2 Å². The van der Waals surface area contributed by atoms with Crippen LogP contribution < -0.4 is 5.32 Å². The van der Waals surface area contributed by atoms with E-state index in [0.29, 0.717) is 0 Å². The van der Waals surface area contributed by atoms with Crippen LogP contribution in [0.3, 0.4) is 0 Å². The summed E-state index contributed by atoms with van der Waals surface area (Å²) in [6, 6.07) is 5.45. The summed E-state index contributed by atoms with van der Waals surface area (Å²) in [4.78, 5) is 0. The Morgan fingerprint density at radius 3 is 2.55 bits per heavy atom. The average Bonchev–Trinajstić information content (AvgIpc) is 2.37. The van der Waals surface area contributed by atoms with Crippen molar-refractivity contribution in [2.24, 2.45) is 0 Å². The zero-order chi connectivity index (χ0) is 15.2. The van der Waals surface area contributed by atoms with Gasteiger partial charge in [-0.1, -0.05) is 13.0 Å². The third kappa shape index (κ3) is 5.59. The summed E-state index contributed by atoms with van der Waals surface area (Å²) in [5.41, 5.74) is 1.85. The maximum absolute atomic E-state index is 13.6. The molecule has 20 heavy (non-hydrogen) atoms. The highest BCUT2D eigenvalue weighted by molar-refractivity contribution is 5.26. The topological polar surface area (TPSA) is 21.3 Å². The van der Waals surface area contributed by atoms with Crippen LogP contribution in [0.2, 0.25) is 0 Å². The predicted octanol–water partition coefficient (Wildman–Crippen LogP) is 4.38. The molecule has 0 bridgehead atoms. The van der Waals surface area contributed by atoms with Crippen molar-refractivity contribution in [2.75, 3.05) is 13.7 Å². The quantitative estimate of drug-likeness (QED) is 0.763. The molecule has 1 N–H and O–H groups in total. The Morgan fingerprint density at radius 2 is 2.00 bits per heavy atom. The molecule has 0 heterocycles. The maximum atomic E-state index is 13.6. The molecule has 0 aromatic heterocycles. The van der Waals surface area contributed by atoms with E-state index >= 15 is 0 Å². The van der Waals surface area contributed by atoms with Crippen molar-refractivity contribution in [1.29, 1.82) is 0 Å². The summed E-state index contributed by atoms with van der Waals surface area (Å²) in [5, 5.41) is 3.51. The Hall–Kier alpha value is -0.930. The summed E-state index contributed by atoms with van der Waals surface area (Å²) in [5.74, 6) is -0.158. The van der Waals surface area contributed by atoms with Crippen LogP contribution in [-0.2, 0) is 4.74 Å². The van der Waals surface area contributed by atoms with Gasteiger partial charge in [-0.25, -0.2) is 4.39 Å². The summed E-state index contributed by atoms with van der Waals surface area (Å²) in [6.45, 7) is 9.18. The van der Waals surface area contributed by atoms with E-state index < -0.39 is 0 Å². The summed E-state index contributed by atoms with van der Waals surface area (Å²) >= 11 is 0. The Kier molecular flexibility index (Phi) is 6.63. The van der Waals surface area contributed by atoms with Crippen molar-refractivity contribution < 1.29 is 9.13 Å². The van der Waals surface area contributed by atoms with Gasteiger partial charge in [-0.15, -0.1) is 0 Å². The van der Waals surface area contributed by atoms with E-state index in [1.807, 2.05) is 6.92 Å². The minimum atomic E-state index is -0.158. The lowest BCUT2D eigenvalue weighted by atomic mass is 9.94. The zero-order valence-electron chi connectivity index (χ0n) is 13.4. The number of aryl methyl sites for hydroxylation is 1. The van der Waals surface area contributed by atoms with Gasteiger partial charge in [0.05, 0.1) is 5.60 Å². The van der Waals surface area contributed by atoms with E-state index in [2.05, 4.69) is 32.2 Å². The highest BCUT2D eigenvalue weighted by Gasteiger charge is 2.20. The first kappa shape index (κ1) is 17.1. The molecule has 0 amide bonds. The number of nitrogens with one attached hydrogen (secondary N) is 1. The van der Waals surface area contributed by atoms with Crippen molar-refractivity contribution in [3.05, 3.63) is 35.1 Å². The van der Waals surface area contributed by atoms with Crippen LogP contribution in [0.25, 0.3) is 0 Å². The normalized spacial score (nSPS) is 13.5. The molecule has 114 valence electrons. The van der Waals surface area contributed by atoms with Crippen molar-refractivity contribution in [3.8, 4) is 0 Å². The molecule has 1 unspecified atom stereocenters. The van der Waals surface area contributed by atoms with E-state index in [4.69, 9.17) is 4.74 Å². The van der Waals surface area contributed by atoms with Gasteiger partial charge in [-0.2, -0.15) is 0 Å². The molecule has 0 aliphatic rings. The first-order valence-corrected chi connectivity index (χ1v) is 7.43. The lowest BCUT2D eigenvalue weighted by molar-refractivity contribution is 0.0117. The van der Waals surface area contributed by atoms with Crippen molar-refractivity contribution in [3.63, 3.8) is 0 Å². The van der Waals surface area contributed by atoms with Crippen molar-refractivity contribution in [1.82, 2.24) is 5.32 Å². The van der Waals surface area contributed by atoms with E-state index in [-0.39, 0.29) is 17.5 Å². The SMILES string of the molecule is CCCNC(CCC(C)(C)OC)c1cc(C)cc(F)c1. The molecular weight excluding hydrogens is 253 g/mol. The Balaban J connectivity index is 2.82. The second-order valence-corrected chi connectivity index (χ2v) is 6.07. The largest absolute Gasteiger partial charge is 0.379 e. The first-order valence-electron chi connectivity index (χ1n) is 7.43. The van der Waals surface area contributed by atoms with E-state index in [0.717, 1.165) is 36.9 Å². The minimum absolute atomic E-state index is 0.144. The fraction of sp³-hybridized carbons (Fsp3) is 0.647. The predicted molar refractivity (Wildman–Crippen MR) is 82.5 cm³/mol. The summed E-state index contributed by atoms with van der Waals surface area (Å²) in [7, 11) is 1.74. The second-order valence-electron chi connectivity index (χ2n) is 6.07. The molecular formula is C17H28FNO. The first-order chi connectivity index (χ1) is 9.38. The van der Waals surface area contributed by atoms with Gasteiger partial charge in [0.25, 0.3) is 0 Å². The Bertz CT molecular complexity index is 397. The van der Waals surface area contributed by atoms with Crippen LogP contribution >= 0.6 is 0 Å². The van der Waals surface area contributed by atoms with Gasteiger partial charge in [0.1, 0.15) is 5.82 Å².